The molecule has 9 heteroatoms. The molecule has 1 fully saturated rings. The lowest BCUT2D eigenvalue weighted by Gasteiger charge is -2.14. The van der Waals surface area contributed by atoms with Gasteiger partial charge in [-0.25, -0.2) is 4.99 Å². The molecule has 0 aromatic heterocycles. The second-order valence-electron chi connectivity index (χ2n) is 6.49. The lowest BCUT2D eigenvalue weighted by Crippen LogP contribution is -2.29. The van der Waals surface area contributed by atoms with Crippen LogP contribution in [0.3, 0.4) is 0 Å². The van der Waals surface area contributed by atoms with Gasteiger partial charge in [0.05, 0.1) is 28.1 Å². The molecule has 7 nitrogen and oxygen atoms in total. The van der Waals surface area contributed by atoms with Crippen molar-refractivity contribution in [2.24, 2.45) is 4.99 Å². The molecule has 0 saturated carbocycles. The van der Waals surface area contributed by atoms with Gasteiger partial charge in [-0.1, -0.05) is 25.1 Å². The van der Waals surface area contributed by atoms with E-state index in [1.54, 1.807) is 23.1 Å². The molecule has 0 spiro atoms. The predicted molar refractivity (Wildman–Crippen MR) is 122 cm³/mol. The Morgan fingerprint density at radius 3 is 2.68 bits per heavy atom. The monoisotopic (exact) mass is 503 g/mol. The maximum absolute atomic E-state index is 13.0. The first-order chi connectivity index (χ1) is 14.9. The molecule has 2 aromatic rings. The Balaban J connectivity index is 1.93. The van der Waals surface area contributed by atoms with Crippen molar-refractivity contribution in [3.63, 3.8) is 0 Å². The number of aliphatic carboxylic acids is 1. The smallest absolute Gasteiger partial charge is 0.266 e. The van der Waals surface area contributed by atoms with Gasteiger partial charge >= 0.3 is 0 Å². The Labute approximate surface area is 192 Å². The molecule has 2 aromatic carbocycles. The second-order valence-corrected chi connectivity index (χ2v) is 8.36. The number of carboxylic acid groups (broad SMARTS) is 1. The standard InChI is InChI=1S/C22H21BrN2O5S/c1-3-9-25-21(28)18(31-22(25)24-15-7-5-4-6-8-15)12-14-10-16(23)20(17(11-14)29-2)30-13-19(26)27/h4-8,10-12H,3,9,13H2,1-2H3,(H,26,27)/p-1/b18-12+,24-22?. The minimum absolute atomic E-state index is 0.117. The van der Waals surface area contributed by atoms with E-state index in [1.807, 2.05) is 37.3 Å². The number of carbonyl (C=O) groups is 2. The quantitative estimate of drug-likeness (QED) is 0.511. The summed E-state index contributed by atoms with van der Waals surface area (Å²) in [5.74, 6) is -0.872. The van der Waals surface area contributed by atoms with Crippen molar-refractivity contribution in [1.82, 2.24) is 4.90 Å². The summed E-state index contributed by atoms with van der Waals surface area (Å²) >= 11 is 4.68. The van der Waals surface area contributed by atoms with Crippen LogP contribution < -0.4 is 14.6 Å². The number of nitrogens with zero attached hydrogens (tertiary/aromatic N) is 2. The summed E-state index contributed by atoms with van der Waals surface area (Å²) in [6, 6.07) is 12.9. The van der Waals surface area contributed by atoms with Crippen molar-refractivity contribution in [1.29, 1.82) is 0 Å². The molecule has 1 saturated heterocycles. The summed E-state index contributed by atoms with van der Waals surface area (Å²) in [5.41, 5.74) is 1.47. The third-order valence-electron chi connectivity index (χ3n) is 4.20. The molecule has 1 heterocycles. The average molecular weight is 504 g/mol. The fraction of sp³-hybridized carbons (Fsp3) is 0.227. The number of hydrogen-bond donors (Lipinski definition) is 0. The van der Waals surface area contributed by atoms with Crippen LogP contribution in [0.25, 0.3) is 6.08 Å². The van der Waals surface area contributed by atoms with Gasteiger partial charge in [-0.3, -0.25) is 9.69 Å². The van der Waals surface area contributed by atoms with Gasteiger partial charge in [0, 0.05) is 6.54 Å². The van der Waals surface area contributed by atoms with Gasteiger partial charge in [-0.15, -0.1) is 0 Å². The molecular formula is C22H20BrN2O5S-. The molecule has 3 rings (SSSR count). The first kappa shape index (κ1) is 22.9. The van der Waals surface area contributed by atoms with E-state index in [0.29, 0.717) is 32.4 Å². The largest absolute Gasteiger partial charge is 0.546 e. The van der Waals surface area contributed by atoms with Crippen LogP contribution in [0.5, 0.6) is 11.5 Å². The van der Waals surface area contributed by atoms with Crippen LogP contribution in [0.15, 0.2) is 56.8 Å². The van der Waals surface area contributed by atoms with E-state index >= 15 is 0 Å². The van der Waals surface area contributed by atoms with Crippen molar-refractivity contribution < 1.29 is 24.2 Å². The summed E-state index contributed by atoms with van der Waals surface area (Å²) in [4.78, 5) is 30.5. The van der Waals surface area contributed by atoms with Crippen molar-refractivity contribution in [2.75, 3.05) is 20.3 Å². The molecule has 0 unspecified atom stereocenters. The Morgan fingerprint density at radius 1 is 1.29 bits per heavy atom. The van der Waals surface area contributed by atoms with E-state index in [2.05, 4.69) is 20.9 Å². The van der Waals surface area contributed by atoms with Gasteiger partial charge in [0.15, 0.2) is 16.7 Å². The highest BCUT2D eigenvalue weighted by atomic mass is 79.9. The zero-order chi connectivity index (χ0) is 22.4. The van der Waals surface area contributed by atoms with E-state index in [0.717, 1.165) is 12.1 Å². The van der Waals surface area contributed by atoms with Crippen molar-refractivity contribution in [3.8, 4) is 11.5 Å². The fourth-order valence-electron chi connectivity index (χ4n) is 2.87. The number of rotatable bonds is 8. The maximum Gasteiger partial charge on any atom is 0.266 e. The summed E-state index contributed by atoms with van der Waals surface area (Å²) < 4.78 is 11.1. The maximum atomic E-state index is 13.0. The molecular weight excluding hydrogens is 484 g/mol. The predicted octanol–water partition coefficient (Wildman–Crippen LogP) is 3.60. The number of carboxylic acids is 1. The molecule has 162 valence electrons. The minimum atomic E-state index is -1.34. The number of carbonyl (C=O) groups excluding carboxylic acids is 2. The highest BCUT2D eigenvalue weighted by Crippen LogP contribution is 2.39. The van der Waals surface area contributed by atoms with Crippen molar-refractivity contribution in [3.05, 3.63) is 57.4 Å². The molecule has 1 aliphatic heterocycles. The minimum Gasteiger partial charge on any atom is -0.546 e. The highest BCUT2D eigenvalue weighted by molar-refractivity contribution is 9.10. The van der Waals surface area contributed by atoms with Gasteiger partial charge in [-0.05, 0) is 70.0 Å². The van der Waals surface area contributed by atoms with Gasteiger partial charge in [0.2, 0.25) is 0 Å². The lowest BCUT2D eigenvalue weighted by atomic mass is 10.2. The number of amidine groups is 1. The Bertz CT molecular complexity index is 1040. The molecule has 31 heavy (non-hydrogen) atoms. The van der Waals surface area contributed by atoms with E-state index in [4.69, 9.17) is 9.47 Å². The third-order valence-corrected chi connectivity index (χ3v) is 5.80. The number of thioether (sulfide) groups is 1. The van der Waals surface area contributed by atoms with Crippen LogP contribution in [0.4, 0.5) is 5.69 Å². The number of amides is 1. The van der Waals surface area contributed by atoms with Crippen LogP contribution >= 0.6 is 27.7 Å². The first-order valence-corrected chi connectivity index (χ1v) is 11.1. The van der Waals surface area contributed by atoms with Gasteiger partial charge in [0.25, 0.3) is 5.91 Å². The van der Waals surface area contributed by atoms with Crippen LogP contribution in [-0.2, 0) is 9.59 Å². The molecule has 0 radical (unpaired) electrons. The Kier molecular flexibility index (Phi) is 7.75. The van der Waals surface area contributed by atoms with E-state index in [9.17, 15) is 14.7 Å². The summed E-state index contributed by atoms with van der Waals surface area (Å²) in [6.07, 6.45) is 2.55. The SMILES string of the molecule is CCCN1C(=O)/C(=C\c2cc(Br)c(OCC(=O)[O-])c(OC)c2)SC1=Nc1ccccc1. The van der Waals surface area contributed by atoms with Crippen LogP contribution in [0.1, 0.15) is 18.9 Å². The lowest BCUT2D eigenvalue weighted by molar-refractivity contribution is -0.307. The molecule has 0 N–H and O–H groups in total. The van der Waals surface area contributed by atoms with Crippen LogP contribution in [0.2, 0.25) is 0 Å². The third kappa shape index (κ3) is 5.68. The number of benzene rings is 2. The molecule has 0 bridgehead atoms. The Hall–Kier alpha value is -2.78. The van der Waals surface area contributed by atoms with Gasteiger partial charge < -0.3 is 19.4 Å². The zero-order valence-electron chi connectivity index (χ0n) is 17.0. The van der Waals surface area contributed by atoms with Gasteiger partial charge in [0.1, 0.15) is 6.61 Å². The topological polar surface area (TPSA) is 91.3 Å². The van der Waals surface area contributed by atoms with Crippen molar-refractivity contribution >= 4 is 56.5 Å². The first-order valence-electron chi connectivity index (χ1n) is 9.48. The summed E-state index contributed by atoms with van der Waals surface area (Å²) in [5, 5.41) is 11.3. The number of ether oxygens (including phenoxy) is 2. The highest BCUT2D eigenvalue weighted by Gasteiger charge is 2.32. The van der Waals surface area contributed by atoms with Gasteiger partial charge in [-0.2, -0.15) is 0 Å². The molecule has 0 atom stereocenters. The summed E-state index contributed by atoms with van der Waals surface area (Å²) in [7, 11) is 1.45. The zero-order valence-corrected chi connectivity index (χ0v) is 19.4. The summed E-state index contributed by atoms with van der Waals surface area (Å²) in [6.45, 7) is 1.97. The molecule has 1 aliphatic rings. The average Bonchev–Trinajstić information content (AvgIpc) is 3.02. The number of aliphatic imine (C=N–C) groups is 1. The number of methoxy groups -OCH3 is 1. The number of hydrogen-bond acceptors (Lipinski definition) is 7. The second kappa shape index (κ2) is 10.5. The van der Waals surface area contributed by atoms with E-state index < -0.39 is 12.6 Å². The Morgan fingerprint density at radius 2 is 2.03 bits per heavy atom. The fourth-order valence-corrected chi connectivity index (χ4v) is 4.47. The van der Waals surface area contributed by atoms with Crippen LogP contribution in [-0.4, -0.2) is 42.2 Å². The van der Waals surface area contributed by atoms with Crippen LogP contribution in [0, 0.1) is 0 Å². The molecule has 1 amide bonds. The van der Waals surface area contributed by atoms with E-state index in [1.165, 1.54) is 18.9 Å². The number of halogens is 1. The van der Waals surface area contributed by atoms with Crippen molar-refractivity contribution in [2.45, 2.75) is 13.3 Å². The normalized spacial score (nSPS) is 16.2. The molecule has 0 aliphatic carbocycles. The number of para-hydroxylation sites is 1. The van der Waals surface area contributed by atoms with E-state index in [-0.39, 0.29) is 11.7 Å².